The monoisotopic (exact) mass is 470 g/mol. The Morgan fingerprint density at radius 1 is 0.933 bits per heavy atom. The summed E-state index contributed by atoms with van der Waals surface area (Å²) >= 11 is 3.51. The molecule has 0 saturated carbocycles. The number of benzene rings is 3. The molecule has 0 aromatic heterocycles. The molecule has 30 heavy (non-hydrogen) atoms. The van der Waals surface area contributed by atoms with Crippen LogP contribution in [0, 0.1) is 5.92 Å². The zero-order chi connectivity index (χ0) is 21.5. The summed E-state index contributed by atoms with van der Waals surface area (Å²) < 4.78 is 11.9. The highest BCUT2D eigenvalue weighted by Crippen LogP contribution is 2.32. The second-order valence-corrected chi connectivity index (χ2v) is 7.91. The van der Waals surface area contributed by atoms with E-state index in [0.717, 1.165) is 15.2 Å². The summed E-state index contributed by atoms with van der Waals surface area (Å²) in [5.74, 6) is 0.761. The number of halogens is 1. The summed E-state index contributed by atoms with van der Waals surface area (Å²) in [6, 6.07) is 18.3. The Labute approximate surface area is 183 Å². The van der Waals surface area contributed by atoms with Crippen LogP contribution in [0.15, 0.2) is 65.1 Å². The predicted octanol–water partition coefficient (Wildman–Crippen LogP) is 4.48. The smallest absolute Gasteiger partial charge is 0.276 e. The first-order valence-corrected chi connectivity index (χ1v) is 10.4. The molecule has 0 spiro atoms. The number of amides is 2. The first-order chi connectivity index (χ1) is 14.4. The van der Waals surface area contributed by atoms with E-state index >= 15 is 0 Å². The van der Waals surface area contributed by atoms with Crippen LogP contribution >= 0.6 is 15.9 Å². The maximum absolute atomic E-state index is 12.2. The molecule has 6 nitrogen and oxygen atoms in total. The standard InChI is InChI=1S/C23H23BrN2O4/c1-15(2)13-29-18-10-7-17(8-11-18)23(28)26-25-21(27)14-30-20-12-9-16-5-3-4-6-19(16)22(20)24/h3-12,15H,13-14H2,1-2H3,(H,25,27)(H,26,28). The van der Waals surface area contributed by atoms with E-state index in [2.05, 4.69) is 40.6 Å². The Kier molecular flexibility index (Phi) is 7.30. The van der Waals surface area contributed by atoms with Gasteiger partial charge in [0, 0.05) is 5.56 Å². The largest absolute Gasteiger partial charge is 0.493 e. The maximum atomic E-state index is 12.2. The van der Waals surface area contributed by atoms with Gasteiger partial charge >= 0.3 is 0 Å². The summed E-state index contributed by atoms with van der Waals surface area (Å²) in [4.78, 5) is 24.2. The van der Waals surface area contributed by atoms with E-state index in [-0.39, 0.29) is 6.61 Å². The third-order valence-corrected chi connectivity index (χ3v) is 5.02. The van der Waals surface area contributed by atoms with Gasteiger partial charge in [0.2, 0.25) is 0 Å². The lowest BCUT2D eigenvalue weighted by Crippen LogP contribution is -2.43. The number of hydrazine groups is 1. The molecule has 0 heterocycles. The normalized spacial score (nSPS) is 10.7. The zero-order valence-electron chi connectivity index (χ0n) is 16.8. The Morgan fingerprint density at radius 3 is 2.40 bits per heavy atom. The molecule has 0 saturated heterocycles. The van der Waals surface area contributed by atoms with Gasteiger partial charge < -0.3 is 9.47 Å². The van der Waals surface area contributed by atoms with E-state index in [1.165, 1.54) is 0 Å². The molecule has 3 aromatic carbocycles. The Morgan fingerprint density at radius 2 is 1.67 bits per heavy atom. The molecule has 3 aromatic rings. The van der Waals surface area contributed by atoms with Gasteiger partial charge in [-0.1, -0.05) is 44.2 Å². The van der Waals surface area contributed by atoms with Gasteiger partial charge in [-0.2, -0.15) is 0 Å². The molecule has 2 amide bonds. The first kappa shape index (κ1) is 21.6. The molecule has 0 aliphatic rings. The Bertz CT molecular complexity index is 1040. The summed E-state index contributed by atoms with van der Waals surface area (Å²) in [6.45, 7) is 4.49. The van der Waals surface area contributed by atoms with Crippen LogP contribution in [-0.2, 0) is 4.79 Å². The van der Waals surface area contributed by atoms with E-state index in [4.69, 9.17) is 9.47 Å². The Balaban J connectivity index is 1.48. The molecular weight excluding hydrogens is 448 g/mol. The van der Waals surface area contributed by atoms with Gasteiger partial charge in [-0.05, 0) is 63.0 Å². The van der Waals surface area contributed by atoms with Gasteiger partial charge in [0.1, 0.15) is 11.5 Å². The molecule has 0 aliphatic heterocycles. The second-order valence-electron chi connectivity index (χ2n) is 7.12. The molecule has 0 aliphatic carbocycles. The van der Waals surface area contributed by atoms with Crippen LogP contribution in [0.1, 0.15) is 24.2 Å². The van der Waals surface area contributed by atoms with E-state index in [9.17, 15) is 9.59 Å². The van der Waals surface area contributed by atoms with Crippen molar-refractivity contribution < 1.29 is 19.1 Å². The van der Waals surface area contributed by atoms with Crippen molar-refractivity contribution in [3.8, 4) is 11.5 Å². The number of carbonyl (C=O) groups is 2. The van der Waals surface area contributed by atoms with Crippen LogP contribution in [0.3, 0.4) is 0 Å². The summed E-state index contributed by atoms with van der Waals surface area (Å²) in [5, 5.41) is 2.05. The number of fused-ring (bicyclic) bond motifs is 1. The zero-order valence-corrected chi connectivity index (χ0v) is 18.4. The van der Waals surface area contributed by atoms with E-state index in [1.807, 2.05) is 30.3 Å². The number of carbonyl (C=O) groups excluding carboxylic acids is 2. The summed E-state index contributed by atoms with van der Waals surface area (Å²) in [5.41, 5.74) is 5.14. The molecular formula is C23H23BrN2O4. The highest BCUT2D eigenvalue weighted by molar-refractivity contribution is 9.10. The molecule has 3 rings (SSSR count). The number of hydrogen-bond donors (Lipinski definition) is 2. The van der Waals surface area contributed by atoms with Crippen molar-refractivity contribution >= 4 is 38.5 Å². The van der Waals surface area contributed by atoms with Crippen molar-refractivity contribution in [3.63, 3.8) is 0 Å². The van der Waals surface area contributed by atoms with Gasteiger partial charge in [-0.15, -0.1) is 0 Å². The van der Waals surface area contributed by atoms with Crippen molar-refractivity contribution in [2.45, 2.75) is 13.8 Å². The quantitative estimate of drug-likeness (QED) is 0.499. The van der Waals surface area contributed by atoms with Crippen LogP contribution in [-0.4, -0.2) is 25.0 Å². The minimum Gasteiger partial charge on any atom is -0.493 e. The first-order valence-electron chi connectivity index (χ1n) is 9.56. The van der Waals surface area contributed by atoms with Gasteiger partial charge in [-0.3, -0.25) is 20.4 Å². The molecule has 0 radical (unpaired) electrons. The maximum Gasteiger partial charge on any atom is 0.276 e. The molecule has 2 N–H and O–H groups in total. The van der Waals surface area contributed by atoms with Crippen molar-refractivity contribution in [2.75, 3.05) is 13.2 Å². The minimum absolute atomic E-state index is 0.237. The lowest BCUT2D eigenvalue weighted by atomic mass is 10.1. The molecule has 0 atom stereocenters. The third kappa shape index (κ3) is 5.73. The SMILES string of the molecule is CC(C)COc1ccc(C(=O)NNC(=O)COc2ccc3ccccc3c2Br)cc1. The van der Waals surface area contributed by atoms with Crippen molar-refractivity contribution in [1.29, 1.82) is 0 Å². The molecule has 0 fully saturated rings. The fourth-order valence-corrected chi connectivity index (χ4v) is 3.28. The van der Waals surface area contributed by atoms with Crippen LogP contribution in [0.25, 0.3) is 10.8 Å². The van der Waals surface area contributed by atoms with E-state index in [1.54, 1.807) is 30.3 Å². The number of ether oxygens (including phenoxy) is 2. The van der Waals surface area contributed by atoms with Crippen LogP contribution in [0.2, 0.25) is 0 Å². The van der Waals surface area contributed by atoms with Crippen molar-refractivity contribution in [3.05, 3.63) is 70.7 Å². The van der Waals surface area contributed by atoms with Crippen LogP contribution in [0.4, 0.5) is 0 Å². The average Bonchev–Trinajstić information content (AvgIpc) is 2.76. The lowest BCUT2D eigenvalue weighted by Gasteiger charge is -2.12. The summed E-state index contributed by atoms with van der Waals surface area (Å²) in [6.07, 6.45) is 0. The fraction of sp³-hybridized carbons (Fsp3) is 0.217. The molecule has 156 valence electrons. The van der Waals surface area contributed by atoms with E-state index < -0.39 is 11.8 Å². The topological polar surface area (TPSA) is 76.7 Å². The average molecular weight is 471 g/mol. The van der Waals surface area contributed by atoms with Gasteiger partial charge in [0.15, 0.2) is 6.61 Å². The Hall–Kier alpha value is -3.06. The summed E-state index contributed by atoms with van der Waals surface area (Å²) in [7, 11) is 0. The molecule has 0 bridgehead atoms. The second kappa shape index (κ2) is 10.1. The predicted molar refractivity (Wildman–Crippen MR) is 120 cm³/mol. The highest BCUT2D eigenvalue weighted by Gasteiger charge is 2.11. The third-order valence-electron chi connectivity index (χ3n) is 4.20. The number of nitrogens with one attached hydrogen (secondary N) is 2. The number of hydrogen-bond acceptors (Lipinski definition) is 4. The van der Waals surface area contributed by atoms with Gasteiger partial charge in [-0.25, -0.2) is 0 Å². The number of rotatable bonds is 7. The lowest BCUT2D eigenvalue weighted by molar-refractivity contribution is -0.123. The fourth-order valence-electron chi connectivity index (χ4n) is 2.67. The molecule has 7 heteroatoms. The molecule has 0 unspecified atom stereocenters. The van der Waals surface area contributed by atoms with E-state index in [0.29, 0.717) is 29.6 Å². The van der Waals surface area contributed by atoms with Crippen molar-refractivity contribution in [1.82, 2.24) is 10.9 Å². The van der Waals surface area contributed by atoms with Crippen LogP contribution < -0.4 is 20.3 Å². The van der Waals surface area contributed by atoms with Crippen molar-refractivity contribution in [2.24, 2.45) is 5.92 Å². The minimum atomic E-state index is -0.472. The van der Waals surface area contributed by atoms with Crippen LogP contribution in [0.5, 0.6) is 11.5 Å². The highest BCUT2D eigenvalue weighted by atomic mass is 79.9. The van der Waals surface area contributed by atoms with Gasteiger partial charge in [0.25, 0.3) is 11.8 Å². The van der Waals surface area contributed by atoms with Gasteiger partial charge in [0.05, 0.1) is 11.1 Å².